The average Bonchev–Trinajstić information content (AvgIpc) is 2.85. The molecule has 3 rings (SSSR count). The maximum atomic E-state index is 10.2. The van der Waals surface area contributed by atoms with Crippen molar-refractivity contribution in [2.24, 2.45) is 0 Å². The van der Waals surface area contributed by atoms with Crippen LogP contribution in [-0.2, 0) is 11.3 Å². The van der Waals surface area contributed by atoms with Crippen molar-refractivity contribution >= 4 is 22.8 Å². The number of oxazole rings is 1. The lowest BCUT2D eigenvalue weighted by Crippen LogP contribution is -1.95. The molecule has 0 aliphatic heterocycles. The van der Waals surface area contributed by atoms with E-state index in [1.807, 2.05) is 0 Å². The molecule has 2 heterocycles. The van der Waals surface area contributed by atoms with Crippen molar-refractivity contribution in [1.82, 2.24) is 9.97 Å². The number of phenolic OH excluding ortho intramolecular Hbond substituents is 1. The molecule has 1 N–H and O–H groups in total. The molecule has 0 spiro atoms. The van der Waals surface area contributed by atoms with Gasteiger partial charge in [0.15, 0.2) is 17.6 Å². The molecule has 5 nitrogen and oxygen atoms in total. The highest BCUT2D eigenvalue weighted by atomic mass is 35.5. The molecule has 0 bridgehead atoms. The van der Waals surface area contributed by atoms with Gasteiger partial charge in [-0.1, -0.05) is 11.6 Å². The monoisotopic (exact) mass is 290 g/mol. The van der Waals surface area contributed by atoms with Crippen LogP contribution in [0.4, 0.5) is 0 Å². The predicted octanol–water partition coefficient (Wildman–Crippen LogP) is 3.40. The van der Waals surface area contributed by atoms with Crippen LogP contribution in [0, 0.1) is 0 Å². The van der Waals surface area contributed by atoms with E-state index in [2.05, 4.69) is 9.97 Å². The Morgan fingerprint density at radius 1 is 1.35 bits per heavy atom. The SMILES string of the molecule is COCc1cc(Cl)cc(O)c1-c1ccc2ocnc2n1. The predicted molar refractivity (Wildman–Crippen MR) is 74.6 cm³/mol. The number of fused-ring (bicyclic) bond motifs is 1. The number of ether oxygens (including phenoxy) is 1. The number of hydrogen-bond acceptors (Lipinski definition) is 5. The number of pyridine rings is 1. The van der Waals surface area contributed by atoms with Gasteiger partial charge in [-0.05, 0) is 29.8 Å². The van der Waals surface area contributed by atoms with Crippen molar-refractivity contribution in [2.75, 3.05) is 7.11 Å². The fraction of sp³-hybridized carbons (Fsp3) is 0.143. The number of aromatic hydroxyl groups is 1. The molecule has 3 aromatic rings. The van der Waals surface area contributed by atoms with Crippen LogP contribution in [0.15, 0.2) is 35.1 Å². The van der Waals surface area contributed by atoms with Crippen LogP contribution >= 0.6 is 11.6 Å². The van der Waals surface area contributed by atoms with Crippen molar-refractivity contribution in [3.8, 4) is 17.0 Å². The van der Waals surface area contributed by atoms with Crippen LogP contribution in [0.1, 0.15) is 5.56 Å². The van der Waals surface area contributed by atoms with Gasteiger partial charge in [-0.25, -0.2) is 4.98 Å². The van der Waals surface area contributed by atoms with E-state index in [4.69, 9.17) is 20.8 Å². The van der Waals surface area contributed by atoms with Gasteiger partial charge in [0.25, 0.3) is 0 Å². The normalized spacial score (nSPS) is 11.1. The minimum Gasteiger partial charge on any atom is -0.507 e. The molecule has 0 fully saturated rings. The van der Waals surface area contributed by atoms with Gasteiger partial charge in [0.1, 0.15) is 5.75 Å². The fourth-order valence-electron chi connectivity index (χ4n) is 2.10. The van der Waals surface area contributed by atoms with E-state index >= 15 is 0 Å². The number of benzene rings is 1. The van der Waals surface area contributed by atoms with E-state index in [1.54, 1.807) is 25.3 Å². The lowest BCUT2D eigenvalue weighted by Gasteiger charge is -2.11. The molecule has 0 unspecified atom stereocenters. The first kappa shape index (κ1) is 12.9. The van der Waals surface area contributed by atoms with Crippen LogP contribution in [0.2, 0.25) is 5.02 Å². The third kappa shape index (κ3) is 2.21. The number of aromatic nitrogens is 2. The maximum Gasteiger partial charge on any atom is 0.199 e. The first-order chi connectivity index (χ1) is 9.69. The van der Waals surface area contributed by atoms with Gasteiger partial charge in [-0.3, -0.25) is 0 Å². The summed E-state index contributed by atoms with van der Waals surface area (Å²) in [6, 6.07) is 6.74. The molecule has 0 saturated carbocycles. The Morgan fingerprint density at radius 3 is 3.00 bits per heavy atom. The molecule has 2 aromatic heterocycles. The summed E-state index contributed by atoms with van der Waals surface area (Å²) in [5.74, 6) is 0.0555. The Balaban J connectivity index is 2.21. The van der Waals surface area contributed by atoms with Crippen molar-refractivity contribution in [2.45, 2.75) is 6.61 Å². The minimum absolute atomic E-state index is 0.0555. The highest BCUT2D eigenvalue weighted by Crippen LogP contribution is 2.35. The van der Waals surface area contributed by atoms with Gasteiger partial charge in [-0.2, -0.15) is 4.98 Å². The van der Waals surface area contributed by atoms with E-state index in [-0.39, 0.29) is 5.75 Å². The Morgan fingerprint density at radius 2 is 2.20 bits per heavy atom. The molecule has 0 saturated heterocycles. The summed E-state index contributed by atoms with van der Waals surface area (Å²) in [5.41, 5.74) is 3.01. The Hall–Kier alpha value is -2.11. The zero-order valence-electron chi connectivity index (χ0n) is 10.6. The zero-order chi connectivity index (χ0) is 14.1. The van der Waals surface area contributed by atoms with Gasteiger partial charge in [0.05, 0.1) is 12.3 Å². The number of methoxy groups -OCH3 is 1. The molecule has 20 heavy (non-hydrogen) atoms. The number of nitrogens with zero attached hydrogens (tertiary/aromatic N) is 2. The molecule has 0 amide bonds. The molecule has 6 heteroatoms. The molecule has 1 aromatic carbocycles. The molecule has 0 aliphatic rings. The standard InChI is InChI=1S/C14H11ClN2O3/c1-19-6-8-4-9(15)5-11(18)13(8)10-2-3-12-14(17-10)16-7-20-12/h2-5,7,18H,6H2,1H3. The van der Waals surface area contributed by atoms with Gasteiger partial charge in [0.2, 0.25) is 0 Å². The number of rotatable bonds is 3. The summed E-state index contributed by atoms with van der Waals surface area (Å²) < 4.78 is 10.3. The highest BCUT2D eigenvalue weighted by molar-refractivity contribution is 6.31. The number of hydrogen-bond donors (Lipinski definition) is 1. The topological polar surface area (TPSA) is 68.4 Å². The van der Waals surface area contributed by atoms with Gasteiger partial charge in [-0.15, -0.1) is 0 Å². The summed E-state index contributed by atoms with van der Waals surface area (Å²) >= 11 is 5.96. The first-order valence-electron chi connectivity index (χ1n) is 5.90. The largest absolute Gasteiger partial charge is 0.507 e. The zero-order valence-corrected chi connectivity index (χ0v) is 11.4. The average molecular weight is 291 g/mol. The molecular weight excluding hydrogens is 280 g/mol. The smallest absolute Gasteiger partial charge is 0.199 e. The van der Waals surface area contributed by atoms with E-state index in [0.29, 0.717) is 34.1 Å². The minimum atomic E-state index is 0.0555. The summed E-state index contributed by atoms with van der Waals surface area (Å²) in [6.07, 6.45) is 1.33. The number of halogens is 1. The molecule has 0 radical (unpaired) electrons. The van der Waals surface area contributed by atoms with Gasteiger partial charge >= 0.3 is 0 Å². The second kappa shape index (κ2) is 5.11. The van der Waals surface area contributed by atoms with Crippen LogP contribution in [-0.4, -0.2) is 22.2 Å². The highest BCUT2D eigenvalue weighted by Gasteiger charge is 2.14. The fourth-order valence-corrected chi connectivity index (χ4v) is 2.34. The van der Waals surface area contributed by atoms with E-state index in [9.17, 15) is 5.11 Å². The van der Waals surface area contributed by atoms with Crippen LogP contribution < -0.4 is 0 Å². The third-order valence-electron chi connectivity index (χ3n) is 2.91. The summed E-state index contributed by atoms with van der Waals surface area (Å²) in [7, 11) is 1.58. The molecule has 0 atom stereocenters. The Labute approximate surface area is 119 Å². The second-order valence-corrected chi connectivity index (χ2v) is 4.70. The van der Waals surface area contributed by atoms with Gasteiger partial charge < -0.3 is 14.3 Å². The summed E-state index contributed by atoms with van der Waals surface area (Å²) in [5, 5.41) is 10.6. The lowest BCUT2D eigenvalue weighted by molar-refractivity contribution is 0.185. The maximum absolute atomic E-state index is 10.2. The van der Waals surface area contributed by atoms with E-state index in [0.717, 1.165) is 5.56 Å². The van der Waals surface area contributed by atoms with Crippen molar-refractivity contribution in [3.05, 3.63) is 41.2 Å². The van der Waals surface area contributed by atoms with E-state index in [1.165, 1.54) is 12.5 Å². The Bertz CT molecular complexity index is 770. The van der Waals surface area contributed by atoms with Crippen molar-refractivity contribution < 1.29 is 14.3 Å². The van der Waals surface area contributed by atoms with Crippen LogP contribution in [0.25, 0.3) is 22.5 Å². The first-order valence-corrected chi connectivity index (χ1v) is 6.28. The quantitative estimate of drug-likeness (QED) is 0.800. The summed E-state index contributed by atoms with van der Waals surface area (Å²) in [6.45, 7) is 0.321. The van der Waals surface area contributed by atoms with E-state index < -0.39 is 0 Å². The van der Waals surface area contributed by atoms with Crippen LogP contribution in [0.3, 0.4) is 0 Å². The molecular formula is C14H11ClN2O3. The van der Waals surface area contributed by atoms with Crippen molar-refractivity contribution in [3.63, 3.8) is 0 Å². The van der Waals surface area contributed by atoms with Crippen LogP contribution in [0.5, 0.6) is 5.75 Å². The lowest BCUT2D eigenvalue weighted by atomic mass is 10.0. The van der Waals surface area contributed by atoms with Crippen molar-refractivity contribution in [1.29, 1.82) is 0 Å². The second-order valence-electron chi connectivity index (χ2n) is 4.26. The number of phenols is 1. The summed E-state index contributed by atoms with van der Waals surface area (Å²) in [4.78, 5) is 8.39. The molecule has 0 aliphatic carbocycles. The Kier molecular flexibility index (Phi) is 3.30. The molecule has 102 valence electrons. The van der Waals surface area contributed by atoms with Gasteiger partial charge in [0, 0.05) is 17.7 Å². The third-order valence-corrected chi connectivity index (χ3v) is 3.13.